The summed E-state index contributed by atoms with van der Waals surface area (Å²) in [6, 6.07) is 0. The van der Waals surface area contributed by atoms with Gasteiger partial charge < -0.3 is 9.30 Å². The maximum absolute atomic E-state index is 12.9. The summed E-state index contributed by atoms with van der Waals surface area (Å²) in [6.45, 7) is 4.21. The highest BCUT2D eigenvalue weighted by Gasteiger charge is 2.33. The predicted octanol–water partition coefficient (Wildman–Crippen LogP) is 1.57. The van der Waals surface area contributed by atoms with Crippen LogP contribution in [-0.2, 0) is 34.2 Å². The van der Waals surface area contributed by atoms with E-state index in [9.17, 15) is 8.42 Å². The van der Waals surface area contributed by atoms with Crippen LogP contribution >= 0.6 is 0 Å². The number of imidazole rings is 1. The quantitative estimate of drug-likeness (QED) is 0.615. The number of aryl methyl sites for hydroxylation is 1. The molecule has 0 spiro atoms. The fraction of sp³-hybridized carbons (Fsp3) is 0.722. The topological polar surface area (TPSA) is 103 Å². The molecule has 1 saturated heterocycles. The van der Waals surface area contributed by atoms with Gasteiger partial charge in [0.2, 0.25) is 15.0 Å². The van der Waals surface area contributed by atoms with Crippen molar-refractivity contribution in [2.45, 2.75) is 63.5 Å². The Hall–Kier alpha value is -1.78. The number of sulfone groups is 1. The van der Waals surface area contributed by atoms with Crippen molar-refractivity contribution < 1.29 is 17.8 Å². The molecule has 2 aromatic heterocycles. The molecule has 154 valence electrons. The van der Waals surface area contributed by atoms with Crippen molar-refractivity contribution in [1.29, 1.82) is 0 Å². The second-order valence-electron chi connectivity index (χ2n) is 7.97. The third kappa shape index (κ3) is 4.44. The molecule has 0 bridgehead atoms. The largest absolute Gasteiger partial charge is 0.376 e. The Kier molecular flexibility index (Phi) is 5.52. The molecular weight excluding hydrogens is 382 g/mol. The number of ether oxygens (including phenoxy) is 1. The normalized spacial score (nSPS) is 20.3. The van der Waals surface area contributed by atoms with E-state index in [2.05, 4.69) is 15.3 Å². The highest BCUT2D eigenvalue weighted by molar-refractivity contribution is 7.91. The molecular formula is C18H27N5O4S. The van der Waals surface area contributed by atoms with Crippen LogP contribution in [0.3, 0.4) is 0 Å². The Morgan fingerprint density at radius 1 is 1.25 bits per heavy atom. The van der Waals surface area contributed by atoms with Gasteiger partial charge >= 0.3 is 0 Å². The lowest BCUT2D eigenvalue weighted by Gasteiger charge is -2.19. The fourth-order valence-electron chi connectivity index (χ4n) is 3.60. The molecule has 2 aliphatic rings. The van der Waals surface area contributed by atoms with Gasteiger partial charge in [-0.3, -0.25) is 4.90 Å². The van der Waals surface area contributed by atoms with Gasteiger partial charge in [0, 0.05) is 19.7 Å². The first-order valence-corrected chi connectivity index (χ1v) is 11.4. The smallest absolute Gasteiger partial charge is 0.227 e. The summed E-state index contributed by atoms with van der Waals surface area (Å²) < 4.78 is 38.2. The number of hydrogen-bond acceptors (Lipinski definition) is 8. The summed E-state index contributed by atoms with van der Waals surface area (Å²) >= 11 is 0. The molecule has 2 aromatic rings. The molecule has 3 heterocycles. The summed E-state index contributed by atoms with van der Waals surface area (Å²) in [7, 11) is -1.45. The second kappa shape index (κ2) is 7.92. The second-order valence-corrected chi connectivity index (χ2v) is 9.90. The van der Waals surface area contributed by atoms with Crippen LogP contribution in [0.25, 0.3) is 0 Å². The predicted molar refractivity (Wildman–Crippen MR) is 100 cm³/mol. The minimum absolute atomic E-state index is 0.0371. The van der Waals surface area contributed by atoms with Crippen molar-refractivity contribution in [3.8, 4) is 0 Å². The molecule has 1 saturated carbocycles. The standard InChI is InChI=1S/C18H27N5O4S/c1-13-17(21-27-20-13)11-22(2)9-15-8-19-18(28(24,25)12-14-5-6-14)23(15)10-16-4-3-7-26-16/h8,14,16H,3-7,9-12H2,1-2H3. The number of nitrogens with zero attached hydrogens (tertiary/aromatic N) is 5. The molecule has 4 rings (SSSR count). The van der Waals surface area contributed by atoms with Gasteiger partial charge in [0.15, 0.2) is 0 Å². The fourth-order valence-corrected chi connectivity index (χ4v) is 5.45. The van der Waals surface area contributed by atoms with E-state index in [-0.39, 0.29) is 22.9 Å². The zero-order valence-electron chi connectivity index (χ0n) is 16.4. The highest BCUT2D eigenvalue weighted by Crippen LogP contribution is 2.32. The highest BCUT2D eigenvalue weighted by atomic mass is 32.2. The third-order valence-electron chi connectivity index (χ3n) is 5.34. The van der Waals surface area contributed by atoms with Gasteiger partial charge in [0.05, 0.1) is 30.3 Å². The molecule has 1 aliphatic carbocycles. The van der Waals surface area contributed by atoms with E-state index in [1.54, 1.807) is 6.20 Å². The molecule has 10 heteroatoms. The zero-order valence-corrected chi connectivity index (χ0v) is 17.2. The summed E-state index contributed by atoms with van der Waals surface area (Å²) in [5.41, 5.74) is 2.39. The van der Waals surface area contributed by atoms with Crippen molar-refractivity contribution in [2.75, 3.05) is 19.4 Å². The van der Waals surface area contributed by atoms with Crippen LogP contribution in [0.2, 0.25) is 0 Å². The van der Waals surface area contributed by atoms with Crippen LogP contribution < -0.4 is 0 Å². The first-order valence-electron chi connectivity index (χ1n) is 9.77. The minimum atomic E-state index is -3.40. The lowest BCUT2D eigenvalue weighted by atomic mass is 10.2. The Bertz CT molecular complexity index is 912. The van der Waals surface area contributed by atoms with Crippen molar-refractivity contribution in [1.82, 2.24) is 24.8 Å². The van der Waals surface area contributed by atoms with Gasteiger partial charge in [-0.25, -0.2) is 18.0 Å². The maximum Gasteiger partial charge on any atom is 0.227 e. The van der Waals surface area contributed by atoms with Crippen LogP contribution in [0.15, 0.2) is 16.0 Å². The molecule has 2 fully saturated rings. The van der Waals surface area contributed by atoms with E-state index in [1.165, 1.54) is 0 Å². The van der Waals surface area contributed by atoms with Crippen LogP contribution in [0, 0.1) is 12.8 Å². The van der Waals surface area contributed by atoms with E-state index in [1.807, 2.05) is 23.4 Å². The van der Waals surface area contributed by atoms with Crippen LogP contribution in [0.1, 0.15) is 42.8 Å². The molecule has 0 N–H and O–H groups in total. The molecule has 0 radical (unpaired) electrons. The van der Waals surface area contributed by atoms with Crippen molar-refractivity contribution in [3.63, 3.8) is 0 Å². The van der Waals surface area contributed by atoms with Crippen molar-refractivity contribution in [3.05, 3.63) is 23.3 Å². The van der Waals surface area contributed by atoms with Crippen LogP contribution in [0.4, 0.5) is 0 Å². The molecule has 1 aliphatic heterocycles. The summed E-state index contributed by atoms with van der Waals surface area (Å²) in [6.07, 6.45) is 5.66. The molecule has 1 unspecified atom stereocenters. The summed E-state index contributed by atoms with van der Waals surface area (Å²) in [5, 5.41) is 7.91. The Morgan fingerprint density at radius 3 is 2.71 bits per heavy atom. The third-order valence-corrected chi connectivity index (χ3v) is 7.13. The van der Waals surface area contributed by atoms with Crippen LogP contribution in [0.5, 0.6) is 0 Å². The Morgan fingerprint density at radius 2 is 2.07 bits per heavy atom. The first kappa shape index (κ1) is 19.5. The maximum atomic E-state index is 12.9. The number of aromatic nitrogens is 4. The Labute approximate surface area is 164 Å². The van der Waals surface area contributed by atoms with E-state index >= 15 is 0 Å². The first-order chi connectivity index (χ1) is 13.4. The van der Waals surface area contributed by atoms with E-state index in [0.717, 1.165) is 49.4 Å². The average Bonchev–Trinajstić information content (AvgIpc) is 3.00. The molecule has 0 amide bonds. The van der Waals surface area contributed by atoms with Gasteiger partial charge in [-0.2, -0.15) is 0 Å². The number of rotatable bonds is 9. The van der Waals surface area contributed by atoms with Crippen molar-refractivity contribution in [2.24, 2.45) is 5.92 Å². The summed E-state index contributed by atoms with van der Waals surface area (Å²) in [5.74, 6) is 0.473. The van der Waals surface area contributed by atoms with E-state index in [0.29, 0.717) is 19.6 Å². The average molecular weight is 410 g/mol. The number of hydrogen-bond donors (Lipinski definition) is 0. The van der Waals surface area contributed by atoms with Gasteiger partial charge in [-0.1, -0.05) is 10.3 Å². The van der Waals surface area contributed by atoms with Gasteiger partial charge in [-0.15, -0.1) is 0 Å². The van der Waals surface area contributed by atoms with Gasteiger partial charge in [0.1, 0.15) is 11.4 Å². The Balaban J connectivity index is 1.55. The lowest BCUT2D eigenvalue weighted by molar-refractivity contribution is 0.0934. The molecule has 28 heavy (non-hydrogen) atoms. The molecule has 9 nitrogen and oxygen atoms in total. The van der Waals surface area contributed by atoms with E-state index < -0.39 is 9.84 Å². The lowest BCUT2D eigenvalue weighted by Crippen LogP contribution is -2.25. The van der Waals surface area contributed by atoms with Crippen LogP contribution in [-0.4, -0.2) is 58.7 Å². The van der Waals surface area contributed by atoms with Gasteiger partial charge in [0.25, 0.3) is 0 Å². The summed E-state index contributed by atoms with van der Waals surface area (Å²) in [4.78, 5) is 6.37. The minimum Gasteiger partial charge on any atom is -0.376 e. The van der Waals surface area contributed by atoms with E-state index in [4.69, 9.17) is 9.37 Å². The monoisotopic (exact) mass is 409 g/mol. The van der Waals surface area contributed by atoms with Crippen molar-refractivity contribution >= 4 is 9.84 Å². The van der Waals surface area contributed by atoms with Gasteiger partial charge in [-0.05, 0) is 45.6 Å². The zero-order chi connectivity index (χ0) is 19.7. The molecule has 0 aromatic carbocycles. The SMILES string of the molecule is Cc1nonc1CN(C)Cc1cnc(S(=O)(=O)CC2CC2)n1CC1CCCO1. The molecule has 1 atom stereocenters.